The monoisotopic (exact) mass is 258 g/mol. The smallest absolute Gasteiger partial charge is 0.303 e. The van der Waals surface area contributed by atoms with Crippen molar-refractivity contribution >= 4 is 11.9 Å². The maximum atomic E-state index is 11.6. The SMILES string of the molecule is CCCCC(N)C(=O)NCCC(C)CCC(=O)O. The van der Waals surface area contributed by atoms with Gasteiger partial charge in [0, 0.05) is 13.0 Å². The van der Waals surface area contributed by atoms with Crippen LogP contribution in [-0.4, -0.2) is 29.6 Å². The number of nitrogens with one attached hydrogen (secondary N) is 1. The van der Waals surface area contributed by atoms with Crippen LogP contribution in [0.5, 0.6) is 0 Å². The zero-order valence-corrected chi connectivity index (χ0v) is 11.4. The van der Waals surface area contributed by atoms with Gasteiger partial charge < -0.3 is 16.2 Å². The lowest BCUT2D eigenvalue weighted by molar-refractivity contribution is -0.137. The van der Waals surface area contributed by atoms with Crippen LogP contribution in [0.2, 0.25) is 0 Å². The van der Waals surface area contributed by atoms with Crippen molar-refractivity contribution in [1.82, 2.24) is 5.32 Å². The summed E-state index contributed by atoms with van der Waals surface area (Å²) in [6, 6.07) is -0.417. The van der Waals surface area contributed by atoms with Gasteiger partial charge in [-0.1, -0.05) is 26.7 Å². The summed E-state index contributed by atoms with van der Waals surface area (Å²) in [6.45, 7) is 4.63. The molecule has 0 spiro atoms. The molecule has 0 heterocycles. The van der Waals surface area contributed by atoms with Crippen molar-refractivity contribution in [2.45, 2.75) is 58.4 Å². The molecule has 0 aliphatic heterocycles. The molecule has 0 saturated carbocycles. The maximum Gasteiger partial charge on any atom is 0.303 e. The zero-order chi connectivity index (χ0) is 14.0. The van der Waals surface area contributed by atoms with Crippen molar-refractivity contribution in [1.29, 1.82) is 0 Å². The summed E-state index contributed by atoms with van der Waals surface area (Å²) in [5.74, 6) is -0.574. The van der Waals surface area contributed by atoms with Gasteiger partial charge in [-0.15, -0.1) is 0 Å². The van der Waals surface area contributed by atoms with Gasteiger partial charge in [-0.05, 0) is 25.2 Å². The zero-order valence-electron chi connectivity index (χ0n) is 11.4. The van der Waals surface area contributed by atoms with E-state index in [1.807, 2.05) is 6.92 Å². The van der Waals surface area contributed by atoms with Crippen LogP contribution in [0.4, 0.5) is 0 Å². The fraction of sp³-hybridized carbons (Fsp3) is 0.846. The molecule has 0 aliphatic rings. The third-order valence-corrected chi connectivity index (χ3v) is 2.99. The fourth-order valence-corrected chi connectivity index (χ4v) is 1.64. The first-order valence-corrected chi connectivity index (χ1v) is 6.72. The van der Waals surface area contributed by atoms with E-state index in [2.05, 4.69) is 12.2 Å². The molecule has 5 nitrogen and oxygen atoms in total. The number of carboxylic acids is 1. The highest BCUT2D eigenvalue weighted by Gasteiger charge is 2.12. The Morgan fingerprint density at radius 3 is 2.50 bits per heavy atom. The molecule has 1 amide bonds. The molecule has 4 N–H and O–H groups in total. The van der Waals surface area contributed by atoms with E-state index in [1.54, 1.807) is 0 Å². The lowest BCUT2D eigenvalue weighted by atomic mass is 10.0. The summed E-state index contributed by atoms with van der Waals surface area (Å²) < 4.78 is 0. The first-order chi connectivity index (χ1) is 8.47. The number of aliphatic carboxylic acids is 1. The summed E-state index contributed by atoms with van der Waals surface area (Å²) in [6.07, 6.45) is 4.34. The third-order valence-electron chi connectivity index (χ3n) is 2.99. The molecule has 18 heavy (non-hydrogen) atoms. The number of carboxylic acid groups (broad SMARTS) is 1. The molecule has 0 rings (SSSR count). The van der Waals surface area contributed by atoms with Gasteiger partial charge in [0.25, 0.3) is 0 Å². The Kier molecular flexibility index (Phi) is 9.28. The van der Waals surface area contributed by atoms with Gasteiger partial charge in [0.1, 0.15) is 0 Å². The molecule has 0 aromatic carbocycles. The van der Waals surface area contributed by atoms with E-state index < -0.39 is 12.0 Å². The van der Waals surface area contributed by atoms with Gasteiger partial charge in [-0.2, -0.15) is 0 Å². The minimum absolute atomic E-state index is 0.103. The third kappa shape index (κ3) is 8.98. The molecule has 106 valence electrons. The Morgan fingerprint density at radius 1 is 1.28 bits per heavy atom. The molecule has 2 unspecified atom stereocenters. The Morgan fingerprint density at radius 2 is 1.94 bits per heavy atom. The lowest BCUT2D eigenvalue weighted by Gasteiger charge is -2.14. The minimum Gasteiger partial charge on any atom is -0.481 e. The second-order valence-corrected chi connectivity index (χ2v) is 4.87. The van der Waals surface area contributed by atoms with Crippen LogP contribution >= 0.6 is 0 Å². The largest absolute Gasteiger partial charge is 0.481 e. The number of amides is 1. The number of hydrogen-bond donors (Lipinski definition) is 3. The van der Waals surface area contributed by atoms with E-state index in [4.69, 9.17) is 10.8 Å². The first kappa shape index (κ1) is 16.9. The first-order valence-electron chi connectivity index (χ1n) is 6.72. The van der Waals surface area contributed by atoms with Crippen LogP contribution in [0.1, 0.15) is 52.4 Å². The molecule has 0 bridgehead atoms. The van der Waals surface area contributed by atoms with Crippen molar-refractivity contribution < 1.29 is 14.7 Å². The lowest BCUT2D eigenvalue weighted by Crippen LogP contribution is -2.41. The molecule has 5 heteroatoms. The highest BCUT2D eigenvalue weighted by molar-refractivity contribution is 5.81. The van der Waals surface area contributed by atoms with Gasteiger partial charge >= 0.3 is 5.97 Å². The van der Waals surface area contributed by atoms with E-state index in [0.717, 1.165) is 25.7 Å². The van der Waals surface area contributed by atoms with Crippen LogP contribution < -0.4 is 11.1 Å². The number of nitrogens with two attached hydrogens (primary N) is 1. The van der Waals surface area contributed by atoms with Crippen molar-refractivity contribution in [3.05, 3.63) is 0 Å². The number of hydrogen-bond acceptors (Lipinski definition) is 3. The van der Waals surface area contributed by atoms with Gasteiger partial charge in [0.15, 0.2) is 0 Å². The second-order valence-electron chi connectivity index (χ2n) is 4.87. The average Bonchev–Trinajstić information content (AvgIpc) is 2.33. The summed E-state index contributed by atoms with van der Waals surface area (Å²) >= 11 is 0. The number of rotatable bonds is 10. The summed E-state index contributed by atoms with van der Waals surface area (Å²) in [4.78, 5) is 22.0. The molecule has 0 saturated heterocycles. The molecule has 0 aliphatic carbocycles. The molecule has 0 aromatic rings. The van der Waals surface area contributed by atoms with E-state index in [1.165, 1.54) is 0 Å². The van der Waals surface area contributed by atoms with Crippen molar-refractivity contribution in [3.63, 3.8) is 0 Å². The quantitative estimate of drug-likeness (QED) is 0.554. The van der Waals surface area contributed by atoms with E-state index in [0.29, 0.717) is 18.9 Å². The number of carbonyl (C=O) groups is 2. The Labute approximate surface area is 109 Å². The Balaban J connectivity index is 3.63. The fourth-order valence-electron chi connectivity index (χ4n) is 1.64. The Hall–Kier alpha value is -1.10. The molecular weight excluding hydrogens is 232 g/mol. The van der Waals surface area contributed by atoms with Gasteiger partial charge in [0.05, 0.1) is 6.04 Å². The standard InChI is InChI=1S/C13H26N2O3/c1-3-4-5-11(14)13(18)15-9-8-10(2)6-7-12(16)17/h10-11H,3-9,14H2,1-2H3,(H,15,18)(H,16,17). The number of unbranched alkanes of at least 4 members (excludes halogenated alkanes) is 1. The summed E-state index contributed by atoms with van der Waals surface area (Å²) in [7, 11) is 0. The Bertz CT molecular complexity index is 257. The van der Waals surface area contributed by atoms with Crippen LogP contribution in [0.15, 0.2) is 0 Å². The molecule has 0 radical (unpaired) electrons. The average molecular weight is 258 g/mol. The topological polar surface area (TPSA) is 92.4 Å². The number of carbonyl (C=O) groups excluding carboxylic acids is 1. The van der Waals surface area contributed by atoms with E-state index in [-0.39, 0.29) is 12.3 Å². The predicted molar refractivity (Wildman–Crippen MR) is 71.2 cm³/mol. The van der Waals surface area contributed by atoms with E-state index >= 15 is 0 Å². The van der Waals surface area contributed by atoms with Crippen molar-refractivity contribution in [3.8, 4) is 0 Å². The maximum absolute atomic E-state index is 11.6. The normalized spacial score (nSPS) is 13.9. The predicted octanol–water partition coefficient (Wildman–Crippen LogP) is 1.51. The highest BCUT2D eigenvalue weighted by Crippen LogP contribution is 2.09. The molecular formula is C13H26N2O3. The van der Waals surface area contributed by atoms with Crippen molar-refractivity contribution in [2.24, 2.45) is 11.7 Å². The van der Waals surface area contributed by atoms with Crippen LogP contribution in [0.25, 0.3) is 0 Å². The van der Waals surface area contributed by atoms with Crippen LogP contribution in [0.3, 0.4) is 0 Å². The summed E-state index contributed by atoms with van der Waals surface area (Å²) in [5, 5.41) is 11.3. The highest BCUT2D eigenvalue weighted by atomic mass is 16.4. The molecule has 0 aromatic heterocycles. The second kappa shape index (κ2) is 9.88. The van der Waals surface area contributed by atoms with Crippen LogP contribution in [0, 0.1) is 5.92 Å². The van der Waals surface area contributed by atoms with Gasteiger partial charge in [0.2, 0.25) is 5.91 Å². The summed E-state index contributed by atoms with van der Waals surface area (Å²) in [5.41, 5.74) is 5.73. The minimum atomic E-state index is -0.771. The van der Waals surface area contributed by atoms with Crippen LogP contribution in [-0.2, 0) is 9.59 Å². The molecule has 0 fully saturated rings. The van der Waals surface area contributed by atoms with Gasteiger partial charge in [-0.3, -0.25) is 9.59 Å². The van der Waals surface area contributed by atoms with E-state index in [9.17, 15) is 9.59 Å². The molecule has 2 atom stereocenters. The van der Waals surface area contributed by atoms with Crippen molar-refractivity contribution in [2.75, 3.05) is 6.54 Å². The van der Waals surface area contributed by atoms with Gasteiger partial charge in [-0.25, -0.2) is 0 Å².